The van der Waals surface area contributed by atoms with Crippen LogP contribution in [0.15, 0.2) is 35.3 Å². The summed E-state index contributed by atoms with van der Waals surface area (Å²) in [5.41, 5.74) is 6.77. The second-order valence-electron chi connectivity index (χ2n) is 6.74. The lowest BCUT2D eigenvalue weighted by atomic mass is 10.0. The first kappa shape index (κ1) is 16.8. The van der Waals surface area contributed by atoms with Gasteiger partial charge in [-0.15, -0.1) is 0 Å². The largest absolute Gasteiger partial charge is 0.342 e. The van der Waals surface area contributed by atoms with E-state index in [4.69, 9.17) is 0 Å². The SMILES string of the molecule is O=C(Nc1ccccc1)NC1CCN(C2=NC3NNCC3C(=O)N2)CC1. The number of guanidine groups is 1. The molecule has 3 amide bonds. The maximum Gasteiger partial charge on any atom is 0.319 e. The van der Waals surface area contributed by atoms with E-state index >= 15 is 0 Å². The highest BCUT2D eigenvalue weighted by molar-refractivity contribution is 6.00. The first-order valence-corrected chi connectivity index (χ1v) is 8.93. The van der Waals surface area contributed by atoms with Crippen molar-refractivity contribution >= 4 is 23.6 Å². The number of hydrazine groups is 1. The summed E-state index contributed by atoms with van der Waals surface area (Å²) >= 11 is 0. The zero-order valence-corrected chi connectivity index (χ0v) is 14.4. The number of carbonyl (C=O) groups excluding carboxylic acids is 2. The third kappa shape index (κ3) is 3.63. The molecule has 26 heavy (non-hydrogen) atoms. The van der Waals surface area contributed by atoms with E-state index < -0.39 is 0 Å². The molecule has 9 nitrogen and oxygen atoms in total. The smallest absolute Gasteiger partial charge is 0.319 e. The Bertz CT molecular complexity index is 700. The maximum absolute atomic E-state index is 12.1. The van der Waals surface area contributed by atoms with Crippen molar-refractivity contribution in [3.05, 3.63) is 30.3 Å². The molecule has 5 N–H and O–H groups in total. The summed E-state index contributed by atoms with van der Waals surface area (Å²) in [6, 6.07) is 9.29. The van der Waals surface area contributed by atoms with Crippen LogP contribution in [-0.4, -0.2) is 54.6 Å². The molecule has 1 aromatic rings. The Morgan fingerprint density at radius 1 is 1.19 bits per heavy atom. The van der Waals surface area contributed by atoms with Crippen LogP contribution in [0, 0.1) is 5.92 Å². The number of urea groups is 1. The summed E-state index contributed by atoms with van der Waals surface area (Å²) in [5, 5.41) is 8.75. The van der Waals surface area contributed by atoms with Crippen LogP contribution in [0.2, 0.25) is 0 Å². The summed E-state index contributed by atoms with van der Waals surface area (Å²) in [6.45, 7) is 2.07. The lowest BCUT2D eigenvalue weighted by molar-refractivity contribution is -0.124. The van der Waals surface area contributed by atoms with E-state index in [0.29, 0.717) is 12.5 Å². The minimum absolute atomic E-state index is 0.0000117. The number of likely N-dealkylation sites (tertiary alicyclic amines) is 1. The second-order valence-corrected chi connectivity index (χ2v) is 6.74. The summed E-state index contributed by atoms with van der Waals surface area (Å²) in [7, 11) is 0. The molecule has 0 aromatic heterocycles. The highest BCUT2D eigenvalue weighted by Gasteiger charge is 2.38. The number of carbonyl (C=O) groups is 2. The molecule has 3 heterocycles. The van der Waals surface area contributed by atoms with Crippen molar-refractivity contribution < 1.29 is 9.59 Å². The van der Waals surface area contributed by atoms with Gasteiger partial charge in [-0.1, -0.05) is 18.2 Å². The van der Waals surface area contributed by atoms with Crippen LogP contribution in [0.5, 0.6) is 0 Å². The average molecular weight is 357 g/mol. The molecule has 0 saturated carbocycles. The van der Waals surface area contributed by atoms with E-state index in [1.807, 2.05) is 30.3 Å². The number of piperidine rings is 1. The van der Waals surface area contributed by atoms with Crippen LogP contribution >= 0.6 is 0 Å². The summed E-state index contributed by atoms with van der Waals surface area (Å²) < 4.78 is 0. The number of nitrogens with zero attached hydrogens (tertiary/aromatic N) is 2. The van der Waals surface area contributed by atoms with Crippen molar-refractivity contribution in [1.82, 2.24) is 26.4 Å². The quantitative estimate of drug-likeness (QED) is 0.504. The van der Waals surface area contributed by atoms with Crippen LogP contribution in [0.1, 0.15) is 12.8 Å². The van der Waals surface area contributed by atoms with Crippen molar-refractivity contribution in [1.29, 1.82) is 0 Å². The van der Waals surface area contributed by atoms with E-state index in [1.165, 1.54) is 0 Å². The Kier molecular flexibility index (Phi) is 4.72. The highest BCUT2D eigenvalue weighted by Crippen LogP contribution is 2.17. The molecule has 3 aliphatic heterocycles. The number of rotatable bonds is 2. The first-order valence-electron chi connectivity index (χ1n) is 8.93. The normalized spacial score (nSPS) is 25.9. The van der Waals surface area contributed by atoms with E-state index in [1.54, 1.807) is 0 Å². The van der Waals surface area contributed by atoms with Crippen molar-refractivity contribution in [2.45, 2.75) is 25.0 Å². The zero-order valence-electron chi connectivity index (χ0n) is 14.4. The molecule has 0 aliphatic carbocycles. The predicted octanol–water partition coefficient (Wildman–Crippen LogP) is -0.192. The predicted molar refractivity (Wildman–Crippen MR) is 97.2 cm³/mol. The Morgan fingerprint density at radius 2 is 1.96 bits per heavy atom. The topological polar surface area (TPSA) is 110 Å². The maximum atomic E-state index is 12.1. The summed E-state index contributed by atoms with van der Waals surface area (Å²) in [4.78, 5) is 30.9. The molecule has 4 rings (SSSR count). The third-order valence-electron chi connectivity index (χ3n) is 4.95. The monoisotopic (exact) mass is 357 g/mol. The number of anilines is 1. The van der Waals surface area contributed by atoms with Crippen LogP contribution in [0.3, 0.4) is 0 Å². The van der Waals surface area contributed by atoms with Gasteiger partial charge >= 0.3 is 6.03 Å². The molecule has 0 spiro atoms. The van der Waals surface area contributed by atoms with Gasteiger partial charge in [-0.25, -0.2) is 15.2 Å². The van der Waals surface area contributed by atoms with Gasteiger partial charge in [0.2, 0.25) is 11.9 Å². The highest BCUT2D eigenvalue weighted by atomic mass is 16.2. The van der Waals surface area contributed by atoms with Gasteiger partial charge in [-0.2, -0.15) is 0 Å². The number of nitrogens with one attached hydrogen (secondary N) is 5. The number of benzene rings is 1. The molecule has 2 unspecified atom stereocenters. The van der Waals surface area contributed by atoms with Crippen molar-refractivity contribution in [2.75, 3.05) is 25.0 Å². The molecule has 3 aliphatic rings. The standard InChI is InChI=1S/C17H23N7O2/c25-15-13-10-18-23-14(13)21-16(22-15)24-8-6-12(7-9-24)20-17(26)19-11-4-2-1-3-5-11/h1-5,12-14,18,23H,6-10H2,(H2,19,20,26)(H,21,22,25). The van der Waals surface area contributed by atoms with Crippen molar-refractivity contribution in [3.8, 4) is 0 Å². The Hall–Kier alpha value is -2.65. The molecule has 0 bridgehead atoms. The fraction of sp³-hybridized carbons (Fsp3) is 0.471. The van der Waals surface area contributed by atoms with Gasteiger partial charge in [0, 0.05) is 31.4 Å². The van der Waals surface area contributed by atoms with E-state index in [2.05, 4.69) is 36.7 Å². The number of fused-ring (bicyclic) bond motifs is 1. The van der Waals surface area contributed by atoms with Crippen molar-refractivity contribution in [3.63, 3.8) is 0 Å². The fourth-order valence-corrected chi connectivity index (χ4v) is 3.48. The van der Waals surface area contributed by atoms with Gasteiger partial charge in [-0.3, -0.25) is 15.5 Å². The molecule has 9 heteroatoms. The molecule has 2 fully saturated rings. The van der Waals surface area contributed by atoms with Crippen LogP contribution in [-0.2, 0) is 4.79 Å². The Morgan fingerprint density at radius 3 is 2.73 bits per heavy atom. The first-order chi connectivity index (χ1) is 12.7. The van der Waals surface area contributed by atoms with Crippen LogP contribution in [0.4, 0.5) is 10.5 Å². The number of hydrogen-bond donors (Lipinski definition) is 5. The molecule has 1 aromatic carbocycles. The minimum Gasteiger partial charge on any atom is -0.342 e. The summed E-state index contributed by atoms with van der Waals surface area (Å²) in [6.07, 6.45) is 1.40. The Labute approximate surface area is 151 Å². The molecule has 138 valence electrons. The lowest BCUT2D eigenvalue weighted by Gasteiger charge is -2.36. The third-order valence-corrected chi connectivity index (χ3v) is 4.95. The van der Waals surface area contributed by atoms with Gasteiger partial charge in [0.1, 0.15) is 6.17 Å². The number of amides is 3. The van der Waals surface area contributed by atoms with Crippen molar-refractivity contribution in [2.24, 2.45) is 10.9 Å². The van der Waals surface area contributed by atoms with Crippen LogP contribution in [0.25, 0.3) is 0 Å². The second kappa shape index (κ2) is 7.30. The van der Waals surface area contributed by atoms with E-state index in [0.717, 1.165) is 31.6 Å². The van der Waals surface area contributed by atoms with Gasteiger partial charge in [0.05, 0.1) is 5.92 Å². The molecule has 2 atom stereocenters. The van der Waals surface area contributed by atoms with Gasteiger partial charge in [0.15, 0.2) is 0 Å². The Balaban J connectivity index is 1.28. The molecular formula is C17H23N7O2. The fourth-order valence-electron chi connectivity index (χ4n) is 3.48. The average Bonchev–Trinajstić information content (AvgIpc) is 3.12. The molecule has 0 radical (unpaired) electrons. The van der Waals surface area contributed by atoms with Gasteiger partial charge < -0.3 is 15.5 Å². The summed E-state index contributed by atoms with van der Waals surface area (Å²) in [5.74, 6) is 0.472. The van der Waals surface area contributed by atoms with Gasteiger partial charge in [-0.05, 0) is 25.0 Å². The zero-order chi connectivity index (χ0) is 17.9. The number of aliphatic imine (C=N–C) groups is 1. The van der Waals surface area contributed by atoms with E-state index in [9.17, 15) is 9.59 Å². The molecular weight excluding hydrogens is 334 g/mol. The van der Waals surface area contributed by atoms with Gasteiger partial charge in [0.25, 0.3) is 0 Å². The van der Waals surface area contributed by atoms with E-state index in [-0.39, 0.29) is 30.1 Å². The minimum atomic E-state index is -0.203. The van der Waals surface area contributed by atoms with Crippen LogP contribution < -0.4 is 26.8 Å². The number of hydrogen-bond acceptors (Lipinski definition) is 6. The lowest BCUT2D eigenvalue weighted by Crippen LogP contribution is -2.56. The number of para-hydroxylation sites is 1. The molecule has 2 saturated heterocycles.